The maximum absolute atomic E-state index is 12.8. The first kappa shape index (κ1) is 19.2. The minimum Gasteiger partial charge on any atom is -0.358 e. The van der Waals surface area contributed by atoms with Crippen LogP contribution in [0.3, 0.4) is 0 Å². The number of carbonyl (C=O) groups excluding carboxylic acids is 1. The maximum atomic E-state index is 12.8. The highest BCUT2D eigenvalue weighted by Crippen LogP contribution is 2.26. The Morgan fingerprint density at radius 1 is 1.32 bits per heavy atom. The van der Waals surface area contributed by atoms with Gasteiger partial charge in [0.25, 0.3) is 0 Å². The lowest BCUT2D eigenvalue weighted by Gasteiger charge is -2.07. The van der Waals surface area contributed by atoms with Gasteiger partial charge < -0.3 is 9.55 Å². The number of H-pyrrole nitrogens is 1. The van der Waals surface area contributed by atoms with E-state index < -0.39 is 9.84 Å². The van der Waals surface area contributed by atoms with Crippen LogP contribution in [0.15, 0.2) is 29.4 Å². The molecule has 3 heterocycles. The third kappa shape index (κ3) is 3.73. The highest BCUT2D eigenvalue weighted by Gasteiger charge is 2.29. The lowest BCUT2D eigenvalue weighted by atomic mass is 10.1. The van der Waals surface area contributed by atoms with Crippen molar-refractivity contribution in [2.75, 3.05) is 17.3 Å². The molecule has 1 aromatic carbocycles. The van der Waals surface area contributed by atoms with Gasteiger partial charge >= 0.3 is 0 Å². The highest BCUT2D eigenvalue weighted by atomic mass is 32.2. The lowest BCUT2D eigenvalue weighted by Crippen LogP contribution is -2.11. The summed E-state index contributed by atoms with van der Waals surface area (Å²) in [5, 5.41) is 10.0. The Kier molecular flexibility index (Phi) is 5.05. The van der Waals surface area contributed by atoms with Crippen LogP contribution in [0.25, 0.3) is 10.9 Å². The number of carbonyl (C=O) groups is 1. The first-order valence-corrected chi connectivity index (χ1v) is 12.0. The number of hydrogen-bond acceptors (Lipinski definition) is 6. The number of rotatable bonds is 6. The van der Waals surface area contributed by atoms with Crippen LogP contribution >= 0.6 is 11.8 Å². The molecular formula is C19H22N4O3S2. The van der Waals surface area contributed by atoms with E-state index in [1.165, 1.54) is 11.8 Å². The molecule has 28 heavy (non-hydrogen) atoms. The minimum atomic E-state index is -2.90. The zero-order chi connectivity index (χ0) is 19.9. The second kappa shape index (κ2) is 7.36. The number of aromatic amines is 1. The molecule has 9 heteroatoms. The van der Waals surface area contributed by atoms with Crippen molar-refractivity contribution >= 4 is 38.3 Å². The molecule has 7 nitrogen and oxygen atoms in total. The van der Waals surface area contributed by atoms with Crippen LogP contribution in [0.1, 0.15) is 28.3 Å². The Hall–Kier alpha value is -2.13. The number of nitrogens with zero attached hydrogens (tertiary/aromatic N) is 3. The first-order chi connectivity index (χ1) is 13.3. The summed E-state index contributed by atoms with van der Waals surface area (Å²) in [5.74, 6) is 1.66. The van der Waals surface area contributed by atoms with Gasteiger partial charge in [0, 0.05) is 35.6 Å². The quantitative estimate of drug-likeness (QED) is 0.488. The van der Waals surface area contributed by atoms with Crippen molar-refractivity contribution in [1.82, 2.24) is 19.7 Å². The fourth-order valence-electron chi connectivity index (χ4n) is 3.78. The molecule has 4 rings (SSSR count). The molecule has 0 amide bonds. The van der Waals surface area contributed by atoms with E-state index in [-0.39, 0.29) is 29.0 Å². The van der Waals surface area contributed by atoms with Gasteiger partial charge in [0.15, 0.2) is 20.8 Å². The van der Waals surface area contributed by atoms with Gasteiger partial charge in [-0.25, -0.2) is 8.42 Å². The fraction of sp³-hybridized carbons (Fsp3) is 0.421. The Morgan fingerprint density at radius 2 is 2.11 bits per heavy atom. The van der Waals surface area contributed by atoms with Crippen LogP contribution in [-0.2, 0) is 23.3 Å². The molecule has 1 saturated heterocycles. The summed E-state index contributed by atoms with van der Waals surface area (Å²) in [6, 6.07) is 7.78. The minimum absolute atomic E-state index is 0.0476. The molecule has 0 aliphatic carbocycles. The number of aromatic nitrogens is 4. The van der Waals surface area contributed by atoms with E-state index >= 15 is 0 Å². The number of thioether (sulfide) groups is 1. The predicted octanol–water partition coefficient (Wildman–Crippen LogP) is 2.56. The van der Waals surface area contributed by atoms with E-state index in [4.69, 9.17) is 0 Å². The number of ketones is 1. The van der Waals surface area contributed by atoms with E-state index in [1.54, 1.807) is 0 Å². The van der Waals surface area contributed by atoms with Crippen molar-refractivity contribution in [3.63, 3.8) is 0 Å². The average molecular weight is 419 g/mol. The predicted molar refractivity (Wildman–Crippen MR) is 110 cm³/mol. The Bertz CT molecular complexity index is 1150. The van der Waals surface area contributed by atoms with Crippen molar-refractivity contribution in [3.05, 3.63) is 41.3 Å². The first-order valence-electron chi connectivity index (χ1n) is 9.16. The average Bonchev–Trinajstić information content (AvgIpc) is 3.28. The summed E-state index contributed by atoms with van der Waals surface area (Å²) in [7, 11) is -1.04. The molecule has 1 fully saturated rings. The number of nitrogens with one attached hydrogen (secondary N) is 1. The van der Waals surface area contributed by atoms with Gasteiger partial charge in [0.05, 0.1) is 17.3 Å². The molecule has 148 valence electrons. The van der Waals surface area contributed by atoms with Gasteiger partial charge in [-0.3, -0.25) is 4.79 Å². The van der Waals surface area contributed by atoms with E-state index in [0.717, 1.165) is 28.0 Å². The number of Topliss-reactive ketones (excluding diaryl/α,β-unsaturated/α-hetero) is 1. The molecule has 3 aromatic rings. The van der Waals surface area contributed by atoms with Crippen molar-refractivity contribution in [2.45, 2.75) is 24.9 Å². The third-order valence-electron chi connectivity index (χ3n) is 5.23. The number of fused-ring (bicyclic) bond motifs is 1. The molecule has 1 unspecified atom stereocenters. The van der Waals surface area contributed by atoms with Gasteiger partial charge in [-0.2, -0.15) is 0 Å². The van der Waals surface area contributed by atoms with E-state index in [9.17, 15) is 13.2 Å². The Morgan fingerprint density at radius 3 is 2.86 bits per heavy atom. The van der Waals surface area contributed by atoms with Crippen molar-refractivity contribution in [3.8, 4) is 0 Å². The molecule has 0 spiro atoms. The summed E-state index contributed by atoms with van der Waals surface area (Å²) in [6.45, 7) is 1.91. The fourth-order valence-corrected chi connectivity index (χ4v) is 6.44. The number of aryl methyl sites for hydroxylation is 1. The van der Waals surface area contributed by atoms with Crippen LogP contribution in [-0.4, -0.2) is 51.2 Å². The summed E-state index contributed by atoms with van der Waals surface area (Å²) < 4.78 is 25.2. The number of sulfone groups is 1. The number of benzene rings is 1. The second-order valence-electron chi connectivity index (χ2n) is 7.31. The maximum Gasteiger partial charge on any atom is 0.191 e. The second-order valence-corrected chi connectivity index (χ2v) is 10.5. The summed E-state index contributed by atoms with van der Waals surface area (Å²) in [6.07, 6.45) is 1.27. The van der Waals surface area contributed by atoms with Crippen LogP contribution in [0.5, 0.6) is 0 Å². The van der Waals surface area contributed by atoms with Gasteiger partial charge in [0.2, 0.25) is 0 Å². The summed E-state index contributed by atoms with van der Waals surface area (Å²) >= 11 is 1.36. The largest absolute Gasteiger partial charge is 0.358 e. The van der Waals surface area contributed by atoms with E-state index in [0.29, 0.717) is 18.0 Å². The summed E-state index contributed by atoms with van der Waals surface area (Å²) in [5.41, 5.74) is 2.55. The molecule has 1 atom stereocenters. The van der Waals surface area contributed by atoms with Gasteiger partial charge in [-0.05, 0) is 25.3 Å². The molecule has 2 aromatic heterocycles. The van der Waals surface area contributed by atoms with E-state index in [2.05, 4.69) is 15.2 Å². The number of hydrogen-bond donors (Lipinski definition) is 1. The van der Waals surface area contributed by atoms with Gasteiger partial charge in [-0.15, -0.1) is 10.2 Å². The zero-order valence-corrected chi connectivity index (χ0v) is 17.4. The monoisotopic (exact) mass is 418 g/mol. The number of para-hydroxylation sites is 1. The Labute approximate surface area is 167 Å². The standard InChI is InChI=1S/C19H22N4O3S2/c1-12-18(14-5-3-4-6-15(14)20-12)16(24)10-27-19-22-21-17(23(19)2)9-13-7-8-28(25,26)11-13/h3-6,13,20H,7-11H2,1-2H3. The van der Waals surface area contributed by atoms with Gasteiger partial charge in [0.1, 0.15) is 5.82 Å². The normalized spacial score (nSPS) is 18.7. The van der Waals surface area contributed by atoms with E-state index in [1.807, 2.05) is 42.8 Å². The van der Waals surface area contributed by atoms with Gasteiger partial charge in [-0.1, -0.05) is 30.0 Å². The molecule has 0 radical (unpaired) electrons. The smallest absolute Gasteiger partial charge is 0.191 e. The molecule has 0 bridgehead atoms. The molecule has 1 aliphatic rings. The van der Waals surface area contributed by atoms with Crippen molar-refractivity contribution in [1.29, 1.82) is 0 Å². The highest BCUT2D eigenvalue weighted by molar-refractivity contribution is 7.99. The molecular weight excluding hydrogens is 396 g/mol. The molecule has 1 aliphatic heterocycles. The van der Waals surface area contributed by atoms with Crippen molar-refractivity contribution < 1.29 is 13.2 Å². The van der Waals surface area contributed by atoms with Crippen LogP contribution in [0.4, 0.5) is 0 Å². The topological polar surface area (TPSA) is 97.7 Å². The lowest BCUT2D eigenvalue weighted by molar-refractivity contribution is 0.102. The third-order valence-corrected chi connectivity index (χ3v) is 8.09. The van der Waals surface area contributed by atoms with Crippen molar-refractivity contribution in [2.24, 2.45) is 13.0 Å². The molecule has 0 saturated carbocycles. The SMILES string of the molecule is Cc1[nH]c2ccccc2c1C(=O)CSc1nnc(CC2CCS(=O)(=O)C2)n1C. The van der Waals surface area contributed by atoms with Crippen LogP contribution < -0.4 is 0 Å². The zero-order valence-electron chi connectivity index (χ0n) is 15.8. The summed E-state index contributed by atoms with van der Waals surface area (Å²) in [4.78, 5) is 16.1. The van der Waals surface area contributed by atoms with Crippen LogP contribution in [0.2, 0.25) is 0 Å². The Balaban J connectivity index is 1.44. The van der Waals surface area contributed by atoms with Crippen LogP contribution in [0, 0.1) is 12.8 Å². The molecule has 1 N–H and O–H groups in total.